The first-order valence-electron chi connectivity index (χ1n) is 6.62. The van der Waals surface area contributed by atoms with Gasteiger partial charge in [-0.3, -0.25) is 4.79 Å². The molecule has 2 rings (SSSR count). The fraction of sp³-hybridized carbons (Fsp3) is 0.500. The first-order valence-corrected chi connectivity index (χ1v) is 7.41. The van der Waals surface area contributed by atoms with Crippen molar-refractivity contribution in [3.63, 3.8) is 0 Å². The minimum Gasteiger partial charge on any atom is -0.490 e. The molecule has 1 aromatic rings. The molecule has 1 aliphatic rings. The van der Waals surface area contributed by atoms with Crippen molar-refractivity contribution < 1.29 is 19.0 Å². The summed E-state index contributed by atoms with van der Waals surface area (Å²) in [4.78, 5) is 11.5. The van der Waals surface area contributed by atoms with Gasteiger partial charge in [0, 0.05) is 12.5 Å². The average molecular weight is 344 g/mol. The Morgan fingerprint density at radius 2 is 2.20 bits per heavy atom. The van der Waals surface area contributed by atoms with E-state index in [0.29, 0.717) is 31.3 Å². The van der Waals surface area contributed by atoms with Crippen LogP contribution in [0.25, 0.3) is 0 Å². The molecule has 0 spiro atoms. The fourth-order valence-electron chi connectivity index (χ4n) is 1.98. The number of halogens is 1. The topological polar surface area (TPSA) is 70.8 Å². The first-order chi connectivity index (χ1) is 9.61. The number of ether oxygens (including phenoxy) is 3. The van der Waals surface area contributed by atoms with Crippen LogP contribution in [0.15, 0.2) is 16.6 Å². The van der Waals surface area contributed by atoms with Crippen molar-refractivity contribution in [3.8, 4) is 11.5 Å². The minimum atomic E-state index is -0.428. The van der Waals surface area contributed by atoms with Gasteiger partial charge in [-0.05, 0) is 40.5 Å². The number of carbonyl (C=O) groups excluding carboxylic acids is 1. The van der Waals surface area contributed by atoms with E-state index in [1.165, 1.54) is 0 Å². The summed E-state index contributed by atoms with van der Waals surface area (Å²) in [6.07, 6.45) is 0.977. The van der Waals surface area contributed by atoms with E-state index >= 15 is 0 Å². The van der Waals surface area contributed by atoms with Crippen LogP contribution in [0.1, 0.15) is 31.4 Å². The van der Waals surface area contributed by atoms with Gasteiger partial charge in [-0.2, -0.15) is 0 Å². The Kier molecular flexibility index (Phi) is 5.25. The zero-order valence-corrected chi connectivity index (χ0v) is 12.9. The molecular formula is C14H18BrNO4. The van der Waals surface area contributed by atoms with Crippen LogP contribution in [0.4, 0.5) is 0 Å². The summed E-state index contributed by atoms with van der Waals surface area (Å²) in [7, 11) is 0. The number of carbonyl (C=O) groups is 1. The number of hydrogen-bond donors (Lipinski definition) is 1. The highest BCUT2D eigenvalue weighted by Gasteiger charge is 2.19. The van der Waals surface area contributed by atoms with E-state index in [4.69, 9.17) is 19.9 Å². The highest BCUT2D eigenvalue weighted by Crippen LogP contribution is 2.39. The third-order valence-electron chi connectivity index (χ3n) is 2.94. The third-order valence-corrected chi connectivity index (χ3v) is 3.53. The summed E-state index contributed by atoms with van der Waals surface area (Å²) in [6, 6.07) is 3.26. The second kappa shape index (κ2) is 6.95. The molecule has 0 bridgehead atoms. The second-order valence-corrected chi connectivity index (χ2v) is 5.35. The Balaban J connectivity index is 2.18. The molecule has 0 amide bonds. The fourth-order valence-corrected chi connectivity index (χ4v) is 2.56. The van der Waals surface area contributed by atoms with Gasteiger partial charge in [-0.15, -0.1) is 0 Å². The summed E-state index contributed by atoms with van der Waals surface area (Å²) < 4.78 is 17.0. The summed E-state index contributed by atoms with van der Waals surface area (Å²) in [6.45, 7) is 3.36. The molecule has 1 aromatic carbocycles. The van der Waals surface area contributed by atoms with E-state index in [9.17, 15) is 4.79 Å². The Bertz CT molecular complexity index is 492. The molecule has 1 atom stereocenters. The highest BCUT2D eigenvalue weighted by atomic mass is 79.9. The van der Waals surface area contributed by atoms with Gasteiger partial charge in [0.2, 0.25) is 0 Å². The predicted molar refractivity (Wildman–Crippen MR) is 77.9 cm³/mol. The van der Waals surface area contributed by atoms with Crippen molar-refractivity contribution in [1.82, 2.24) is 0 Å². The van der Waals surface area contributed by atoms with Crippen molar-refractivity contribution >= 4 is 21.9 Å². The molecule has 0 aromatic heterocycles. The van der Waals surface area contributed by atoms with Crippen LogP contribution in [0, 0.1) is 0 Å². The molecular weight excluding hydrogens is 326 g/mol. The molecule has 20 heavy (non-hydrogen) atoms. The maximum Gasteiger partial charge on any atom is 0.307 e. The number of rotatable bonds is 4. The van der Waals surface area contributed by atoms with Crippen LogP contribution >= 0.6 is 15.9 Å². The monoisotopic (exact) mass is 343 g/mol. The van der Waals surface area contributed by atoms with Gasteiger partial charge < -0.3 is 19.9 Å². The molecule has 1 heterocycles. The summed E-state index contributed by atoms with van der Waals surface area (Å²) >= 11 is 3.46. The highest BCUT2D eigenvalue weighted by molar-refractivity contribution is 9.10. The summed E-state index contributed by atoms with van der Waals surface area (Å²) in [5.41, 5.74) is 6.86. The molecule has 0 radical (unpaired) electrons. The molecule has 6 heteroatoms. The Labute approximate surface area is 126 Å². The van der Waals surface area contributed by atoms with Crippen LogP contribution in [-0.2, 0) is 9.53 Å². The van der Waals surface area contributed by atoms with Gasteiger partial charge >= 0.3 is 5.97 Å². The third kappa shape index (κ3) is 3.64. The van der Waals surface area contributed by atoms with Gasteiger partial charge in [0.1, 0.15) is 0 Å². The Morgan fingerprint density at radius 1 is 1.45 bits per heavy atom. The molecule has 110 valence electrons. The van der Waals surface area contributed by atoms with Crippen molar-refractivity contribution in [3.05, 3.63) is 22.2 Å². The quantitative estimate of drug-likeness (QED) is 0.850. The SMILES string of the molecule is CCOC(=O)C[C@@H](N)c1cc(Br)c2c(c1)OCCCO2. The zero-order chi connectivity index (χ0) is 14.5. The molecule has 0 saturated carbocycles. The van der Waals surface area contributed by atoms with Crippen LogP contribution in [0.3, 0.4) is 0 Å². The van der Waals surface area contributed by atoms with Gasteiger partial charge in [-0.1, -0.05) is 0 Å². The minimum absolute atomic E-state index is 0.139. The van der Waals surface area contributed by atoms with Gasteiger partial charge in [0.25, 0.3) is 0 Å². The smallest absolute Gasteiger partial charge is 0.307 e. The van der Waals surface area contributed by atoms with E-state index in [0.717, 1.165) is 16.5 Å². The summed E-state index contributed by atoms with van der Waals surface area (Å²) in [5, 5.41) is 0. The lowest BCUT2D eigenvalue weighted by Crippen LogP contribution is -2.17. The predicted octanol–water partition coefficient (Wildman–Crippen LogP) is 2.56. The van der Waals surface area contributed by atoms with Gasteiger partial charge in [-0.25, -0.2) is 0 Å². The van der Waals surface area contributed by atoms with Crippen LogP contribution < -0.4 is 15.2 Å². The van der Waals surface area contributed by atoms with Gasteiger partial charge in [0.15, 0.2) is 11.5 Å². The summed E-state index contributed by atoms with van der Waals surface area (Å²) in [5.74, 6) is 1.05. The maximum absolute atomic E-state index is 11.5. The first kappa shape index (κ1) is 15.1. The van der Waals surface area contributed by atoms with Crippen LogP contribution in [0.2, 0.25) is 0 Å². The molecule has 2 N–H and O–H groups in total. The molecule has 0 saturated heterocycles. The molecule has 0 unspecified atom stereocenters. The molecule has 1 aliphatic heterocycles. The number of fused-ring (bicyclic) bond motifs is 1. The lowest BCUT2D eigenvalue weighted by Gasteiger charge is -2.15. The number of esters is 1. The van der Waals surface area contributed by atoms with Crippen LogP contribution in [0.5, 0.6) is 11.5 Å². The normalized spacial score (nSPS) is 15.3. The Hall–Kier alpha value is -1.27. The van der Waals surface area contributed by atoms with E-state index in [-0.39, 0.29) is 12.4 Å². The number of benzene rings is 1. The van der Waals surface area contributed by atoms with E-state index in [1.807, 2.05) is 12.1 Å². The number of nitrogens with two attached hydrogens (primary N) is 1. The average Bonchev–Trinajstić information content (AvgIpc) is 2.64. The van der Waals surface area contributed by atoms with E-state index in [2.05, 4.69) is 15.9 Å². The van der Waals surface area contributed by atoms with Crippen molar-refractivity contribution in [2.24, 2.45) is 5.73 Å². The maximum atomic E-state index is 11.5. The van der Waals surface area contributed by atoms with E-state index < -0.39 is 6.04 Å². The van der Waals surface area contributed by atoms with E-state index in [1.54, 1.807) is 6.92 Å². The van der Waals surface area contributed by atoms with Gasteiger partial charge in [0.05, 0.1) is 30.7 Å². The molecule has 0 fully saturated rings. The molecule has 0 aliphatic carbocycles. The largest absolute Gasteiger partial charge is 0.490 e. The van der Waals surface area contributed by atoms with Crippen molar-refractivity contribution in [1.29, 1.82) is 0 Å². The Morgan fingerprint density at radius 3 is 2.95 bits per heavy atom. The lowest BCUT2D eigenvalue weighted by atomic mass is 10.0. The second-order valence-electron chi connectivity index (χ2n) is 4.50. The van der Waals surface area contributed by atoms with Crippen molar-refractivity contribution in [2.75, 3.05) is 19.8 Å². The van der Waals surface area contributed by atoms with Crippen molar-refractivity contribution in [2.45, 2.75) is 25.8 Å². The standard InChI is InChI=1S/C14H18BrNO4/c1-2-18-13(17)8-11(16)9-6-10(15)14-12(7-9)19-4-3-5-20-14/h6-7,11H,2-5,8,16H2,1H3/t11-/m1/s1. The van der Waals surface area contributed by atoms with Crippen LogP contribution in [-0.4, -0.2) is 25.8 Å². The molecule has 5 nitrogen and oxygen atoms in total. The zero-order valence-electron chi connectivity index (χ0n) is 11.4. The lowest BCUT2D eigenvalue weighted by molar-refractivity contribution is -0.143. The number of hydrogen-bond acceptors (Lipinski definition) is 5.